The van der Waals surface area contributed by atoms with Crippen molar-refractivity contribution in [3.05, 3.63) is 99.5 Å². The molecule has 3 aromatic rings. The molecule has 1 aliphatic rings. The summed E-state index contributed by atoms with van der Waals surface area (Å²) in [6, 6.07) is 23.6. The van der Waals surface area contributed by atoms with Crippen LogP contribution in [0.3, 0.4) is 0 Å². The molecule has 0 unspecified atom stereocenters. The quantitative estimate of drug-likeness (QED) is 0.310. The Morgan fingerprint density at radius 2 is 1.52 bits per heavy atom. The van der Waals surface area contributed by atoms with Crippen LogP contribution in [0, 0.1) is 5.92 Å². The lowest BCUT2D eigenvalue weighted by molar-refractivity contribution is 0.130. The lowest BCUT2D eigenvalue weighted by Crippen LogP contribution is -2.07. The lowest BCUT2D eigenvalue weighted by atomic mass is 10.0. The zero-order valence-corrected chi connectivity index (χ0v) is 17.5. The smallest absolute Gasteiger partial charge is 0.142 e. The van der Waals surface area contributed by atoms with Gasteiger partial charge in [0, 0.05) is 16.0 Å². The Morgan fingerprint density at radius 3 is 2.14 bits per heavy atom. The summed E-state index contributed by atoms with van der Waals surface area (Å²) in [5, 5.41) is 6.00. The molecule has 0 aromatic heterocycles. The molecule has 0 spiro atoms. The third kappa shape index (κ3) is 4.92. The van der Waals surface area contributed by atoms with E-state index in [9.17, 15) is 0 Å². The highest BCUT2D eigenvalue weighted by Gasteiger charge is 2.43. The molecule has 1 fully saturated rings. The maximum atomic E-state index is 6.03. The minimum Gasteiger partial charge on any atom is -0.497 e. The summed E-state index contributed by atoms with van der Waals surface area (Å²) >= 11 is 12.0. The predicted octanol–water partition coefficient (Wildman–Crippen LogP) is 6.73. The van der Waals surface area contributed by atoms with E-state index >= 15 is 0 Å². The van der Waals surface area contributed by atoms with E-state index in [0.29, 0.717) is 23.5 Å². The number of ether oxygens (including phenoxy) is 1. The Morgan fingerprint density at radius 1 is 0.897 bits per heavy atom. The number of hydrogen-bond donors (Lipinski definition) is 0. The van der Waals surface area contributed by atoms with Gasteiger partial charge in [-0.2, -0.15) is 0 Å². The number of methoxy groups -OCH3 is 1. The molecular weight excluding hydrogens is 405 g/mol. The van der Waals surface area contributed by atoms with Crippen molar-refractivity contribution < 1.29 is 9.57 Å². The van der Waals surface area contributed by atoms with E-state index in [1.165, 1.54) is 5.56 Å². The molecule has 0 N–H and O–H groups in total. The number of halogens is 2. The topological polar surface area (TPSA) is 30.8 Å². The Balaban J connectivity index is 1.53. The number of hydrogen-bond acceptors (Lipinski definition) is 3. The highest BCUT2D eigenvalue weighted by Crippen LogP contribution is 2.49. The van der Waals surface area contributed by atoms with Crippen molar-refractivity contribution in [2.45, 2.75) is 18.9 Å². The van der Waals surface area contributed by atoms with Crippen molar-refractivity contribution in [3.63, 3.8) is 0 Å². The van der Waals surface area contributed by atoms with Gasteiger partial charge in [0.15, 0.2) is 0 Å². The van der Waals surface area contributed by atoms with Gasteiger partial charge in [-0.25, -0.2) is 0 Å². The summed E-state index contributed by atoms with van der Waals surface area (Å²) < 4.78 is 5.28. The standard InChI is InChI=1S/C24H21Cl2NO2/c1-28-21-12-6-18(7-13-21)24(27-29-15-16-2-8-19(25)9-3-16)23-14-22(23)17-4-10-20(26)11-5-17/h2-13,22-23H,14-15H2,1H3/b27-24-/t22-,23+/m1/s1. The molecule has 0 amide bonds. The van der Waals surface area contributed by atoms with Gasteiger partial charge in [-0.1, -0.05) is 52.6 Å². The first kappa shape index (κ1) is 19.8. The monoisotopic (exact) mass is 425 g/mol. The van der Waals surface area contributed by atoms with Gasteiger partial charge in [0.1, 0.15) is 12.4 Å². The minimum atomic E-state index is 0.315. The van der Waals surface area contributed by atoms with Gasteiger partial charge in [-0.15, -0.1) is 0 Å². The van der Waals surface area contributed by atoms with Crippen molar-refractivity contribution in [2.24, 2.45) is 11.1 Å². The zero-order chi connectivity index (χ0) is 20.2. The second-order valence-electron chi connectivity index (χ2n) is 7.11. The molecule has 29 heavy (non-hydrogen) atoms. The molecule has 0 heterocycles. The first-order valence-electron chi connectivity index (χ1n) is 9.48. The third-order valence-corrected chi connectivity index (χ3v) is 5.64. The number of nitrogens with zero attached hydrogens (tertiary/aromatic N) is 1. The maximum absolute atomic E-state index is 6.03. The van der Waals surface area contributed by atoms with E-state index in [0.717, 1.165) is 34.0 Å². The predicted molar refractivity (Wildman–Crippen MR) is 118 cm³/mol. The minimum absolute atomic E-state index is 0.315. The second kappa shape index (κ2) is 8.89. The van der Waals surface area contributed by atoms with E-state index in [4.69, 9.17) is 32.8 Å². The van der Waals surface area contributed by atoms with E-state index in [1.807, 2.05) is 60.7 Å². The Hall–Kier alpha value is -2.49. The Bertz CT molecular complexity index is 983. The third-order valence-electron chi connectivity index (χ3n) is 5.13. The second-order valence-corrected chi connectivity index (χ2v) is 7.98. The molecule has 148 valence electrons. The van der Waals surface area contributed by atoms with E-state index in [2.05, 4.69) is 17.3 Å². The van der Waals surface area contributed by atoms with Crippen LogP contribution < -0.4 is 4.74 Å². The average Bonchev–Trinajstić information content (AvgIpc) is 3.54. The fourth-order valence-corrected chi connectivity index (χ4v) is 3.68. The van der Waals surface area contributed by atoms with E-state index < -0.39 is 0 Å². The van der Waals surface area contributed by atoms with E-state index in [-0.39, 0.29) is 0 Å². The molecule has 0 saturated heterocycles. The highest BCUT2D eigenvalue weighted by atomic mass is 35.5. The lowest BCUT2D eigenvalue weighted by Gasteiger charge is -2.09. The van der Waals surface area contributed by atoms with Crippen molar-refractivity contribution >= 4 is 28.9 Å². The van der Waals surface area contributed by atoms with E-state index in [1.54, 1.807) is 7.11 Å². The van der Waals surface area contributed by atoms with Gasteiger partial charge >= 0.3 is 0 Å². The maximum Gasteiger partial charge on any atom is 0.142 e. The normalized spacial score (nSPS) is 18.4. The van der Waals surface area contributed by atoms with Crippen LogP contribution in [0.1, 0.15) is 29.0 Å². The van der Waals surface area contributed by atoms with Crippen molar-refractivity contribution in [2.75, 3.05) is 7.11 Å². The number of rotatable bonds is 7. The molecule has 3 aromatic carbocycles. The summed E-state index contributed by atoms with van der Waals surface area (Å²) in [6.45, 7) is 0.398. The van der Waals surface area contributed by atoms with Crippen molar-refractivity contribution in [1.29, 1.82) is 0 Å². The molecule has 1 aliphatic carbocycles. The number of benzene rings is 3. The Labute approximate surface area is 180 Å². The number of oxime groups is 1. The van der Waals surface area contributed by atoms with Crippen molar-refractivity contribution in [1.82, 2.24) is 0 Å². The average molecular weight is 426 g/mol. The van der Waals surface area contributed by atoms with Crippen LogP contribution in [-0.2, 0) is 11.4 Å². The van der Waals surface area contributed by atoms with Gasteiger partial charge in [-0.05, 0) is 77.6 Å². The van der Waals surface area contributed by atoms with Gasteiger partial charge in [-0.3, -0.25) is 0 Å². The van der Waals surface area contributed by atoms with Crippen LogP contribution in [0.2, 0.25) is 10.0 Å². The van der Waals surface area contributed by atoms with Crippen LogP contribution in [0.5, 0.6) is 5.75 Å². The van der Waals surface area contributed by atoms with Crippen LogP contribution >= 0.6 is 23.2 Å². The molecule has 0 aliphatic heterocycles. The molecule has 3 nitrogen and oxygen atoms in total. The molecule has 0 radical (unpaired) electrons. The van der Waals surface area contributed by atoms with Crippen LogP contribution in [0.4, 0.5) is 0 Å². The first-order valence-corrected chi connectivity index (χ1v) is 10.2. The summed E-state index contributed by atoms with van der Waals surface area (Å²) in [6.07, 6.45) is 1.04. The van der Waals surface area contributed by atoms with Crippen LogP contribution in [-0.4, -0.2) is 12.8 Å². The van der Waals surface area contributed by atoms with Crippen LogP contribution in [0.25, 0.3) is 0 Å². The molecule has 2 atom stereocenters. The largest absolute Gasteiger partial charge is 0.497 e. The van der Waals surface area contributed by atoms with Crippen molar-refractivity contribution in [3.8, 4) is 5.75 Å². The summed E-state index contributed by atoms with van der Waals surface area (Å²) in [5.41, 5.74) is 4.31. The fourth-order valence-electron chi connectivity index (χ4n) is 3.43. The molecule has 1 saturated carbocycles. The van der Waals surface area contributed by atoms with Crippen LogP contribution in [0.15, 0.2) is 78.0 Å². The zero-order valence-electron chi connectivity index (χ0n) is 16.0. The highest BCUT2D eigenvalue weighted by molar-refractivity contribution is 6.30. The van der Waals surface area contributed by atoms with Gasteiger partial charge in [0.25, 0.3) is 0 Å². The Kier molecular flexibility index (Phi) is 6.08. The molecule has 5 heteroatoms. The fraction of sp³-hybridized carbons (Fsp3) is 0.208. The summed E-state index contributed by atoms with van der Waals surface area (Å²) in [7, 11) is 1.66. The van der Waals surface area contributed by atoms with Gasteiger partial charge in [0.05, 0.1) is 12.8 Å². The molecule has 0 bridgehead atoms. The molecule has 4 rings (SSSR count). The van der Waals surface area contributed by atoms with Gasteiger partial charge in [0.2, 0.25) is 0 Å². The SMILES string of the molecule is COc1ccc(/C(=N/OCc2ccc(Cl)cc2)[C@H]2C[C@@H]2c2ccc(Cl)cc2)cc1. The first-order chi connectivity index (χ1) is 14.1. The van der Waals surface area contributed by atoms with Gasteiger partial charge < -0.3 is 9.57 Å². The summed E-state index contributed by atoms with van der Waals surface area (Å²) in [4.78, 5) is 5.73. The summed E-state index contributed by atoms with van der Waals surface area (Å²) in [5.74, 6) is 1.56. The molecular formula is C24H21Cl2NO2.